The van der Waals surface area contributed by atoms with E-state index in [1.807, 2.05) is 25.1 Å². The second-order valence-electron chi connectivity index (χ2n) is 5.90. The molecule has 1 amide bonds. The van der Waals surface area contributed by atoms with Crippen LogP contribution in [0.1, 0.15) is 4.88 Å². The fourth-order valence-electron chi connectivity index (χ4n) is 2.65. The molecular formula is C19H14Cl2N2O4S. The SMILES string of the molecule is Cc1sc(NC(=O)COc2ccc(Cl)cc2Cl)nc1-c1ccc2c(c1)OCO2. The quantitative estimate of drug-likeness (QED) is 0.596. The van der Waals surface area contributed by atoms with Crippen LogP contribution >= 0.6 is 34.5 Å². The molecule has 1 aliphatic heterocycles. The summed E-state index contributed by atoms with van der Waals surface area (Å²) in [6, 6.07) is 10.4. The van der Waals surface area contributed by atoms with Crippen molar-refractivity contribution in [3.8, 4) is 28.5 Å². The average molecular weight is 437 g/mol. The van der Waals surface area contributed by atoms with Crippen molar-refractivity contribution in [1.82, 2.24) is 4.98 Å². The summed E-state index contributed by atoms with van der Waals surface area (Å²) in [7, 11) is 0. The number of thiazole rings is 1. The zero-order valence-corrected chi connectivity index (χ0v) is 17.0. The monoisotopic (exact) mass is 436 g/mol. The number of aromatic nitrogens is 1. The van der Waals surface area contributed by atoms with E-state index in [2.05, 4.69) is 10.3 Å². The Morgan fingerprint density at radius 1 is 1.21 bits per heavy atom. The fraction of sp³-hybridized carbons (Fsp3) is 0.158. The summed E-state index contributed by atoms with van der Waals surface area (Å²) in [4.78, 5) is 17.7. The van der Waals surface area contributed by atoms with Crippen LogP contribution in [0.3, 0.4) is 0 Å². The molecule has 0 fully saturated rings. The molecule has 0 spiro atoms. The van der Waals surface area contributed by atoms with E-state index < -0.39 is 0 Å². The molecule has 2 aromatic carbocycles. The number of aryl methyl sites for hydroxylation is 1. The minimum absolute atomic E-state index is 0.195. The third-order valence-corrected chi connectivity index (χ3v) is 5.36. The number of hydrogen-bond acceptors (Lipinski definition) is 6. The molecule has 0 atom stereocenters. The van der Waals surface area contributed by atoms with Crippen LogP contribution in [0.2, 0.25) is 10.0 Å². The van der Waals surface area contributed by atoms with Gasteiger partial charge in [0.15, 0.2) is 23.2 Å². The summed E-state index contributed by atoms with van der Waals surface area (Å²) in [5.41, 5.74) is 1.67. The number of carbonyl (C=O) groups is 1. The second kappa shape index (κ2) is 7.87. The van der Waals surface area contributed by atoms with Gasteiger partial charge in [0.1, 0.15) is 5.75 Å². The van der Waals surface area contributed by atoms with Gasteiger partial charge in [-0.05, 0) is 43.3 Å². The number of carbonyl (C=O) groups excluding carboxylic acids is 1. The first-order chi connectivity index (χ1) is 13.5. The lowest BCUT2D eigenvalue weighted by Crippen LogP contribution is -2.20. The number of nitrogens with zero attached hydrogens (tertiary/aromatic N) is 1. The number of ether oxygens (including phenoxy) is 3. The summed E-state index contributed by atoms with van der Waals surface area (Å²) in [5.74, 6) is 1.45. The number of rotatable bonds is 5. The molecule has 1 N–H and O–H groups in total. The zero-order valence-electron chi connectivity index (χ0n) is 14.6. The zero-order chi connectivity index (χ0) is 19.7. The van der Waals surface area contributed by atoms with Gasteiger partial charge >= 0.3 is 0 Å². The van der Waals surface area contributed by atoms with E-state index in [1.165, 1.54) is 11.3 Å². The van der Waals surface area contributed by atoms with Crippen molar-refractivity contribution in [3.05, 3.63) is 51.3 Å². The van der Waals surface area contributed by atoms with E-state index >= 15 is 0 Å². The smallest absolute Gasteiger partial charge is 0.264 e. The summed E-state index contributed by atoms with van der Waals surface area (Å²) in [6.45, 7) is 1.96. The Bertz CT molecular complexity index is 1050. The Balaban J connectivity index is 1.43. The maximum absolute atomic E-state index is 12.2. The molecule has 3 aromatic rings. The Labute approximate surface area is 175 Å². The summed E-state index contributed by atoms with van der Waals surface area (Å²) in [5, 5.41) is 4.07. The van der Waals surface area contributed by atoms with E-state index in [-0.39, 0.29) is 19.3 Å². The van der Waals surface area contributed by atoms with Crippen LogP contribution in [0, 0.1) is 6.92 Å². The molecule has 0 saturated heterocycles. The molecule has 1 aliphatic rings. The molecule has 0 bridgehead atoms. The van der Waals surface area contributed by atoms with Crippen molar-refractivity contribution in [2.75, 3.05) is 18.7 Å². The summed E-state index contributed by atoms with van der Waals surface area (Å²) < 4.78 is 16.2. The largest absolute Gasteiger partial charge is 0.482 e. The van der Waals surface area contributed by atoms with E-state index in [0.29, 0.717) is 32.4 Å². The lowest BCUT2D eigenvalue weighted by molar-refractivity contribution is -0.118. The van der Waals surface area contributed by atoms with Crippen LogP contribution in [0.25, 0.3) is 11.3 Å². The Morgan fingerprint density at radius 2 is 2.04 bits per heavy atom. The highest BCUT2D eigenvalue weighted by Gasteiger charge is 2.17. The predicted molar refractivity (Wildman–Crippen MR) is 109 cm³/mol. The van der Waals surface area contributed by atoms with Crippen molar-refractivity contribution >= 4 is 45.6 Å². The van der Waals surface area contributed by atoms with Crippen molar-refractivity contribution in [2.24, 2.45) is 0 Å². The highest BCUT2D eigenvalue weighted by molar-refractivity contribution is 7.16. The number of fused-ring (bicyclic) bond motifs is 1. The molecule has 1 aromatic heterocycles. The maximum Gasteiger partial charge on any atom is 0.264 e. The van der Waals surface area contributed by atoms with Crippen LogP contribution < -0.4 is 19.5 Å². The van der Waals surface area contributed by atoms with Gasteiger partial charge in [-0.2, -0.15) is 0 Å². The molecule has 9 heteroatoms. The third kappa shape index (κ3) is 4.01. The third-order valence-electron chi connectivity index (χ3n) is 3.94. The van der Waals surface area contributed by atoms with Crippen molar-refractivity contribution in [1.29, 1.82) is 0 Å². The molecule has 2 heterocycles. The van der Waals surface area contributed by atoms with Crippen molar-refractivity contribution in [3.63, 3.8) is 0 Å². The number of nitrogens with one attached hydrogen (secondary N) is 1. The molecule has 0 saturated carbocycles. The van der Waals surface area contributed by atoms with Crippen molar-refractivity contribution < 1.29 is 19.0 Å². The van der Waals surface area contributed by atoms with Crippen LogP contribution in [0.5, 0.6) is 17.2 Å². The van der Waals surface area contributed by atoms with Crippen molar-refractivity contribution in [2.45, 2.75) is 6.92 Å². The number of amides is 1. The minimum atomic E-state index is -0.336. The highest BCUT2D eigenvalue weighted by Crippen LogP contribution is 2.38. The van der Waals surface area contributed by atoms with Gasteiger partial charge in [0.25, 0.3) is 5.91 Å². The molecule has 28 heavy (non-hydrogen) atoms. The van der Waals surface area contributed by atoms with Gasteiger partial charge in [-0.15, -0.1) is 11.3 Å². The van der Waals surface area contributed by atoms with Gasteiger partial charge in [0.05, 0.1) is 10.7 Å². The topological polar surface area (TPSA) is 69.7 Å². The Kier molecular flexibility index (Phi) is 5.30. The van der Waals surface area contributed by atoms with Crippen LogP contribution in [0.4, 0.5) is 5.13 Å². The second-order valence-corrected chi connectivity index (χ2v) is 7.95. The first-order valence-corrected chi connectivity index (χ1v) is 9.82. The molecule has 4 rings (SSSR count). The fourth-order valence-corrected chi connectivity index (χ4v) is 3.97. The predicted octanol–water partition coefficient (Wildman–Crippen LogP) is 5.17. The maximum atomic E-state index is 12.2. The van der Waals surface area contributed by atoms with Gasteiger partial charge in [-0.25, -0.2) is 4.98 Å². The molecular weight excluding hydrogens is 423 g/mol. The first-order valence-electron chi connectivity index (χ1n) is 8.25. The van der Waals surface area contributed by atoms with E-state index in [0.717, 1.165) is 16.1 Å². The molecule has 0 aliphatic carbocycles. The van der Waals surface area contributed by atoms with Crippen LogP contribution in [0.15, 0.2) is 36.4 Å². The number of anilines is 1. The molecule has 0 radical (unpaired) electrons. The molecule has 144 valence electrons. The lowest BCUT2D eigenvalue weighted by Gasteiger charge is -2.07. The van der Waals surface area contributed by atoms with E-state index in [1.54, 1.807) is 18.2 Å². The highest BCUT2D eigenvalue weighted by atomic mass is 35.5. The average Bonchev–Trinajstić information content (AvgIpc) is 3.26. The van der Waals surface area contributed by atoms with E-state index in [4.69, 9.17) is 37.4 Å². The number of benzene rings is 2. The normalized spacial score (nSPS) is 12.1. The minimum Gasteiger partial charge on any atom is -0.482 e. The lowest BCUT2D eigenvalue weighted by atomic mass is 10.1. The van der Waals surface area contributed by atoms with Gasteiger partial charge in [0.2, 0.25) is 6.79 Å². The number of hydrogen-bond donors (Lipinski definition) is 1. The molecule has 6 nitrogen and oxygen atoms in total. The van der Waals surface area contributed by atoms with Gasteiger partial charge < -0.3 is 14.2 Å². The Hall–Kier alpha value is -2.48. The number of halogens is 2. The molecule has 0 unspecified atom stereocenters. The summed E-state index contributed by atoms with van der Waals surface area (Å²) in [6.07, 6.45) is 0. The van der Waals surface area contributed by atoms with Gasteiger partial charge in [0, 0.05) is 15.5 Å². The van der Waals surface area contributed by atoms with Gasteiger partial charge in [-0.1, -0.05) is 23.2 Å². The van der Waals surface area contributed by atoms with Crippen LogP contribution in [-0.2, 0) is 4.79 Å². The summed E-state index contributed by atoms with van der Waals surface area (Å²) >= 11 is 13.3. The first kappa shape index (κ1) is 18.9. The Morgan fingerprint density at radius 3 is 2.86 bits per heavy atom. The van der Waals surface area contributed by atoms with Crippen LogP contribution in [-0.4, -0.2) is 24.3 Å². The van der Waals surface area contributed by atoms with Gasteiger partial charge in [-0.3, -0.25) is 10.1 Å². The van der Waals surface area contributed by atoms with E-state index in [9.17, 15) is 4.79 Å². The standard InChI is InChI=1S/C19H14Cl2N2O4S/c1-10-18(11-2-4-15-16(6-11)27-9-26-15)23-19(28-10)22-17(24)8-25-14-5-3-12(20)7-13(14)21/h2-7H,8-9H2,1H3,(H,22,23,24).